The Hall–Kier alpha value is -6.22. The Balaban J connectivity index is 0.000000541. The molecular formula is C48H39Cl2FeN4O4-3. The van der Waals surface area contributed by atoms with Gasteiger partial charge >= 0.3 is 0 Å². The minimum absolute atomic E-state index is 0. The van der Waals surface area contributed by atoms with E-state index in [1.807, 2.05) is 60.7 Å². The summed E-state index contributed by atoms with van der Waals surface area (Å²) in [7, 11) is 6.68. The first-order valence-corrected chi connectivity index (χ1v) is 18.1. The molecule has 7 aromatic rings. The number of nitrogens with one attached hydrogen (secondary N) is 2. The SMILES string of the molecule is COc1cc[c-]cc1.COc1ccc(-c2c3nc(c(-c4ccc(OC)cc4)c4ccc(cc5ccc([nH]5)c(-c5ccc(OC)cc5)c5nc2C=C5)[nH]4)C=C3)cc1.[Cl-].[Cl-].[Fe]. The maximum atomic E-state index is 5.48. The van der Waals surface area contributed by atoms with Gasteiger partial charge in [-0.15, -0.1) is 12.1 Å². The van der Waals surface area contributed by atoms with Crippen LogP contribution in [0.15, 0.2) is 127 Å². The first kappa shape index (κ1) is 43.9. The molecular weight excluding hydrogens is 823 g/mol. The fourth-order valence-electron chi connectivity index (χ4n) is 6.82. The van der Waals surface area contributed by atoms with Crippen molar-refractivity contribution in [2.45, 2.75) is 0 Å². The van der Waals surface area contributed by atoms with Gasteiger partial charge in [-0.05, 0) is 108 Å². The summed E-state index contributed by atoms with van der Waals surface area (Å²) in [5.41, 5.74) is 13.1. The largest absolute Gasteiger partial charge is 1.00 e. The second-order valence-electron chi connectivity index (χ2n) is 13.0. The monoisotopic (exact) mass is 861 g/mol. The topological polar surface area (TPSA) is 94.3 Å². The number of rotatable bonds is 7. The maximum absolute atomic E-state index is 5.48. The number of halogens is 2. The summed E-state index contributed by atoms with van der Waals surface area (Å²) in [6.45, 7) is 0. The Labute approximate surface area is 366 Å². The number of fused-ring (bicyclic) bond motifs is 8. The quantitative estimate of drug-likeness (QED) is 0.170. The zero-order valence-electron chi connectivity index (χ0n) is 32.6. The van der Waals surface area contributed by atoms with Crippen LogP contribution in [0.1, 0.15) is 22.8 Å². The Bertz CT molecular complexity index is 2590. The standard InChI is InChI=1S/C41H32N4O3.C7H7O.2ClH.Fe/c1-46-30-12-4-25(5-13-30)39-33-18-10-28(42-33)24-29-11-19-34(43-29)40(26-6-14-31(47-2)15-7-26)36-21-23-38(45-36)41(37-22-20-35(39)44-37)27-8-16-32(48-3)17-9-27;1-8-7-5-3-2-4-6-7;;;/h4-24,42-43H,1-3H3;3-6H,1H3;2*1H;/q;-1;;;/p-2. The number of aromatic nitrogens is 4. The summed E-state index contributed by atoms with van der Waals surface area (Å²) in [5.74, 6) is 3.26. The van der Waals surface area contributed by atoms with E-state index in [1.165, 1.54) is 0 Å². The number of ether oxygens (including phenoxy) is 4. The molecule has 9 rings (SSSR count). The van der Waals surface area contributed by atoms with E-state index in [9.17, 15) is 0 Å². The van der Waals surface area contributed by atoms with Crippen molar-refractivity contribution in [3.05, 3.63) is 156 Å². The first-order chi connectivity index (χ1) is 27.5. The minimum atomic E-state index is 0. The van der Waals surface area contributed by atoms with E-state index in [1.54, 1.807) is 28.4 Å². The van der Waals surface area contributed by atoms with Crippen LogP contribution < -0.4 is 43.8 Å². The van der Waals surface area contributed by atoms with Crippen molar-refractivity contribution in [1.82, 2.24) is 19.9 Å². The van der Waals surface area contributed by atoms with Gasteiger partial charge in [0.25, 0.3) is 0 Å². The molecule has 11 heteroatoms. The van der Waals surface area contributed by atoms with Gasteiger partial charge in [-0.1, -0.05) is 36.4 Å². The van der Waals surface area contributed by atoms with Gasteiger partial charge in [-0.25, -0.2) is 9.97 Å². The Morgan fingerprint density at radius 1 is 0.407 bits per heavy atom. The zero-order chi connectivity index (χ0) is 38.4. The first-order valence-electron chi connectivity index (χ1n) is 18.1. The van der Waals surface area contributed by atoms with Crippen LogP contribution in [0.2, 0.25) is 0 Å². The number of methoxy groups -OCH3 is 4. The average molecular weight is 863 g/mol. The van der Waals surface area contributed by atoms with Crippen molar-refractivity contribution >= 4 is 46.4 Å². The molecule has 3 aromatic heterocycles. The third-order valence-corrected chi connectivity index (χ3v) is 9.63. The number of aromatic amines is 2. The predicted octanol–water partition coefficient (Wildman–Crippen LogP) is 5.18. The summed E-state index contributed by atoms with van der Waals surface area (Å²) in [4.78, 5) is 17.9. The number of hydrogen-bond acceptors (Lipinski definition) is 6. The third-order valence-electron chi connectivity index (χ3n) is 9.63. The summed E-state index contributed by atoms with van der Waals surface area (Å²) >= 11 is 0. The number of nitrogens with zero attached hydrogens (tertiary/aromatic N) is 2. The molecule has 8 bridgehead atoms. The molecule has 0 fully saturated rings. The van der Waals surface area contributed by atoms with E-state index in [4.69, 9.17) is 28.9 Å². The molecule has 2 aliphatic heterocycles. The van der Waals surface area contributed by atoms with E-state index in [0.717, 1.165) is 101 Å². The summed E-state index contributed by atoms with van der Waals surface area (Å²) in [5, 5.41) is 0. The van der Waals surface area contributed by atoms with Crippen LogP contribution in [0.3, 0.4) is 0 Å². The molecule has 0 atom stereocenters. The van der Waals surface area contributed by atoms with Gasteiger partial charge in [0, 0.05) is 61.6 Å². The zero-order valence-corrected chi connectivity index (χ0v) is 35.2. The van der Waals surface area contributed by atoms with E-state index in [0.29, 0.717) is 0 Å². The minimum Gasteiger partial charge on any atom is -1.00 e. The van der Waals surface area contributed by atoms with Gasteiger partial charge in [0.05, 0.1) is 51.2 Å². The molecule has 0 saturated heterocycles. The molecule has 0 saturated carbocycles. The van der Waals surface area contributed by atoms with Gasteiger partial charge < -0.3 is 53.7 Å². The Morgan fingerprint density at radius 3 is 1.07 bits per heavy atom. The molecule has 0 unspecified atom stereocenters. The van der Waals surface area contributed by atoms with Gasteiger partial charge in [0.2, 0.25) is 0 Å². The van der Waals surface area contributed by atoms with Crippen LogP contribution in [0.4, 0.5) is 0 Å². The van der Waals surface area contributed by atoms with Gasteiger partial charge in [0.1, 0.15) is 17.2 Å². The fourth-order valence-corrected chi connectivity index (χ4v) is 6.82. The van der Waals surface area contributed by atoms with Crippen LogP contribution in [-0.2, 0) is 17.1 Å². The van der Waals surface area contributed by atoms with Gasteiger partial charge in [-0.2, -0.15) is 18.2 Å². The average Bonchev–Trinajstić information content (AvgIpc) is 4.10. The van der Waals surface area contributed by atoms with E-state index >= 15 is 0 Å². The summed E-state index contributed by atoms with van der Waals surface area (Å²) in [6, 6.07) is 45.0. The fraction of sp³-hybridized carbons (Fsp3) is 0.0833. The Kier molecular flexibility index (Phi) is 14.9. The predicted molar refractivity (Wildman–Crippen MR) is 227 cm³/mol. The van der Waals surface area contributed by atoms with Crippen molar-refractivity contribution in [3.8, 4) is 56.4 Å². The maximum Gasteiger partial charge on any atom is 0.118 e. The molecule has 300 valence electrons. The molecule has 0 radical (unpaired) electrons. The molecule has 4 aromatic carbocycles. The Morgan fingerprint density at radius 2 is 0.729 bits per heavy atom. The van der Waals surface area contributed by atoms with Crippen molar-refractivity contribution in [3.63, 3.8) is 0 Å². The van der Waals surface area contributed by atoms with Crippen molar-refractivity contribution < 1.29 is 60.8 Å². The number of hydrogen-bond donors (Lipinski definition) is 2. The van der Waals surface area contributed by atoms with Crippen LogP contribution in [0.25, 0.3) is 79.8 Å². The summed E-state index contributed by atoms with van der Waals surface area (Å²) in [6.07, 6.45) is 8.31. The van der Waals surface area contributed by atoms with Gasteiger partial charge in [-0.3, -0.25) is 0 Å². The molecule has 2 aliphatic rings. The van der Waals surface area contributed by atoms with Gasteiger partial charge in [0.15, 0.2) is 0 Å². The van der Waals surface area contributed by atoms with Crippen molar-refractivity contribution in [2.24, 2.45) is 0 Å². The van der Waals surface area contributed by atoms with E-state index < -0.39 is 0 Å². The second kappa shape index (κ2) is 20.0. The molecule has 2 N–H and O–H groups in total. The molecule has 5 heterocycles. The van der Waals surface area contributed by atoms with E-state index in [2.05, 4.69) is 107 Å². The van der Waals surface area contributed by atoms with Crippen LogP contribution in [0.5, 0.6) is 23.0 Å². The van der Waals surface area contributed by atoms with Crippen molar-refractivity contribution in [1.29, 1.82) is 0 Å². The normalized spacial score (nSPS) is 10.8. The molecule has 0 amide bonds. The van der Waals surface area contributed by atoms with E-state index in [-0.39, 0.29) is 41.9 Å². The molecule has 59 heavy (non-hydrogen) atoms. The number of H-pyrrole nitrogens is 2. The molecule has 0 spiro atoms. The molecule has 0 aliphatic carbocycles. The second-order valence-corrected chi connectivity index (χ2v) is 13.0. The molecule has 8 nitrogen and oxygen atoms in total. The number of benzene rings is 4. The third kappa shape index (κ3) is 9.57. The van der Waals surface area contributed by atoms with Crippen molar-refractivity contribution in [2.75, 3.05) is 28.4 Å². The van der Waals surface area contributed by atoms with Crippen LogP contribution >= 0.6 is 0 Å². The summed E-state index contributed by atoms with van der Waals surface area (Å²) < 4.78 is 21.3. The van der Waals surface area contributed by atoms with Crippen LogP contribution in [0, 0.1) is 6.07 Å². The smallest absolute Gasteiger partial charge is 0.118 e. The van der Waals surface area contributed by atoms with Crippen LogP contribution in [-0.4, -0.2) is 48.4 Å².